The molecular weight excluding hydrogens is 376 g/mol. The zero-order chi connectivity index (χ0) is 21.4. The maximum Gasteiger partial charge on any atom is 0.255 e. The Morgan fingerprint density at radius 1 is 1.00 bits per heavy atom. The maximum atomic E-state index is 12.9. The summed E-state index contributed by atoms with van der Waals surface area (Å²) >= 11 is 0. The van der Waals surface area contributed by atoms with Crippen LogP contribution in [0.2, 0.25) is 0 Å². The van der Waals surface area contributed by atoms with E-state index in [4.69, 9.17) is 24.7 Å². The van der Waals surface area contributed by atoms with Crippen LogP contribution in [0.4, 0.5) is 0 Å². The average Bonchev–Trinajstić information content (AvgIpc) is 2.72. The Balaban J connectivity index is 2.20. The van der Waals surface area contributed by atoms with E-state index in [-0.39, 0.29) is 29.8 Å². The minimum absolute atomic E-state index is 0.208. The molecule has 0 atom stereocenters. The SMILES string of the molecule is CCOc1ccc(CN(C)C(=O)c2cc(OC)c(OCC(N)=O)c(OC)c2)cc1. The Morgan fingerprint density at radius 3 is 2.07 bits per heavy atom. The van der Waals surface area contributed by atoms with Crippen molar-refractivity contribution in [2.75, 3.05) is 34.5 Å². The lowest BCUT2D eigenvalue weighted by atomic mass is 10.1. The minimum Gasteiger partial charge on any atom is -0.494 e. The van der Waals surface area contributed by atoms with E-state index in [2.05, 4.69) is 0 Å². The number of benzene rings is 2. The smallest absolute Gasteiger partial charge is 0.255 e. The van der Waals surface area contributed by atoms with E-state index in [1.807, 2.05) is 31.2 Å². The zero-order valence-corrected chi connectivity index (χ0v) is 17.1. The summed E-state index contributed by atoms with van der Waals surface area (Å²) in [4.78, 5) is 25.5. The first-order valence-electron chi connectivity index (χ1n) is 9.03. The minimum atomic E-state index is -0.635. The molecule has 156 valence electrons. The second-order valence-corrected chi connectivity index (χ2v) is 6.20. The highest BCUT2D eigenvalue weighted by Gasteiger charge is 2.20. The molecule has 0 saturated heterocycles. The fourth-order valence-electron chi connectivity index (χ4n) is 2.71. The maximum absolute atomic E-state index is 12.9. The molecule has 2 rings (SSSR count). The molecule has 0 spiro atoms. The van der Waals surface area contributed by atoms with E-state index >= 15 is 0 Å². The van der Waals surface area contributed by atoms with E-state index < -0.39 is 5.91 Å². The monoisotopic (exact) mass is 402 g/mol. The molecule has 0 bridgehead atoms. The van der Waals surface area contributed by atoms with Crippen molar-refractivity contribution >= 4 is 11.8 Å². The number of ether oxygens (including phenoxy) is 4. The predicted molar refractivity (Wildman–Crippen MR) is 108 cm³/mol. The highest BCUT2D eigenvalue weighted by molar-refractivity contribution is 5.95. The first-order chi connectivity index (χ1) is 13.9. The molecule has 0 aliphatic rings. The van der Waals surface area contributed by atoms with Gasteiger partial charge in [-0.05, 0) is 36.8 Å². The van der Waals surface area contributed by atoms with Crippen molar-refractivity contribution in [2.24, 2.45) is 5.73 Å². The van der Waals surface area contributed by atoms with Gasteiger partial charge in [0.1, 0.15) is 5.75 Å². The van der Waals surface area contributed by atoms with Gasteiger partial charge in [0.2, 0.25) is 5.75 Å². The Kier molecular flexibility index (Phi) is 7.70. The van der Waals surface area contributed by atoms with Crippen molar-refractivity contribution in [3.05, 3.63) is 47.5 Å². The molecule has 0 unspecified atom stereocenters. The summed E-state index contributed by atoms with van der Waals surface area (Å²) in [5, 5.41) is 0. The van der Waals surface area contributed by atoms with Crippen LogP contribution in [0.1, 0.15) is 22.8 Å². The number of primary amides is 1. The van der Waals surface area contributed by atoms with Crippen LogP contribution in [0, 0.1) is 0 Å². The van der Waals surface area contributed by atoms with Gasteiger partial charge in [-0.15, -0.1) is 0 Å². The highest BCUT2D eigenvalue weighted by Crippen LogP contribution is 2.38. The van der Waals surface area contributed by atoms with E-state index in [0.29, 0.717) is 18.7 Å². The standard InChI is InChI=1S/C21H26N2O6/c1-5-28-16-8-6-14(7-9-16)12-23(2)21(25)15-10-17(26-3)20(18(11-15)27-4)29-13-19(22)24/h6-11H,5,12-13H2,1-4H3,(H2,22,24). The first kappa shape index (κ1) is 21.9. The van der Waals surface area contributed by atoms with Crippen molar-refractivity contribution in [3.8, 4) is 23.0 Å². The van der Waals surface area contributed by atoms with Gasteiger partial charge in [0.05, 0.1) is 20.8 Å². The largest absolute Gasteiger partial charge is 0.494 e. The van der Waals surface area contributed by atoms with Gasteiger partial charge in [-0.3, -0.25) is 9.59 Å². The molecule has 8 heteroatoms. The second kappa shape index (κ2) is 10.2. The molecule has 2 amide bonds. The van der Waals surface area contributed by atoms with Crippen molar-refractivity contribution in [2.45, 2.75) is 13.5 Å². The van der Waals surface area contributed by atoms with Crippen LogP contribution < -0.4 is 24.7 Å². The molecular formula is C21H26N2O6. The average molecular weight is 402 g/mol. The summed E-state index contributed by atoms with van der Waals surface area (Å²) in [5.74, 6) is 0.666. The molecule has 0 aromatic heterocycles. The van der Waals surface area contributed by atoms with E-state index in [9.17, 15) is 9.59 Å². The van der Waals surface area contributed by atoms with Gasteiger partial charge in [0, 0.05) is 19.2 Å². The third kappa shape index (κ3) is 5.78. The van der Waals surface area contributed by atoms with Crippen molar-refractivity contribution in [1.82, 2.24) is 4.90 Å². The number of amides is 2. The third-order valence-electron chi connectivity index (χ3n) is 4.07. The highest BCUT2D eigenvalue weighted by atomic mass is 16.5. The lowest BCUT2D eigenvalue weighted by Crippen LogP contribution is -2.26. The molecule has 2 aromatic carbocycles. The number of nitrogens with zero attached hydrogens (tertiary/aromatic N) is 1. The molecule has 0 aliphatic carbocycles. The first-order valence-corrected chi connectivity index (χ1v) is 9.03. The van der Waals surface area contributed by atoms with Gasteiger partial charge < -0.3 is 29.6 Å². The molecule has 8 nitrogen and oxygen atoms in total. The molecule has 2 N–H and O–H groups in total. The van der Waals surface area contributed by atoms with Gasteiger partial charge in [-0.2, -0.15) is 0 Å². The molecule has 0 aliphatic heterocycles. The van der Waals surface area contributed by atoms with Crippen LogP contribution in [-0.2, 0) is 11.3 Å². The number of rotatable bonds is 10. The molecule has 0 radical (unpaired) electrons. The molecule has 29 heavy (non-hydrogen) atoms. The van der Waals surface area contributed by atoms with Crippen LogP contribution in [0.3, 0.4) is 0 Å². The summed E-state index contributed by atoms with van der Waals surface area (Å²) in [6, 6.07) is 10.6. The molecule has 0 fully saturated rings. The number of carbonyl (C=O) groups is 2. The molecule has 2 aromatic rings. The Bertz CT molecular complexity index is 826. The van der Waals surface area contributed by atoms with Gasteiger partial charge in [-0.1, -0.05) is 12.1 Å². The van der Waals surface area contributed by atoms with E-state index in [1.165, 1.54) is 26.4 Å². The van der Waals surface area contributed by atoms with Crippen molar-refractivity contribution in [3.63, 3.8) is 0 Å². The van der Waals surface area contributed by atoms with Crippen molar-refractivity contribution in [1.29, 1.82) is 0 Å². The number of methoxy groups -OCH3 is 2. The zero-order valence-electron chi connectivity index (χ0n) is 17.1. The van der Waals surface area contributed by atoms with Gasteiger partial charge >= 0.3 is 0 Å². The van der Waals surface area contributed by atoms with Crippen molar-refractivity contribution < 1.29 is 28.5 Å². The third-order valence-corrected chi connectivity index (χ3v) is 4.07. The number of hydrogen-bond acceptors (Lipinski definition) is 6. The van der Waals surface area contributed by atoms with Crippen LogP contribution in [0.25, 0.3) is 0 Å². The molecule has 0 saturated carbocycles. The predicted octanol–water partition coefficient (Wildman–Crippen LogP) is 2.24. The van der Waals surface area contributed by atoms with Gasteiger partial charge in [-0.25, -0.2) is 0 Å². The lowest BCUT2D eigenvalue weighted by molar-refractivity contribution is -0.120. The topological polar surface area (TPSA) is 100 Å². The quantitative estimate of drug-likeness (QED) is 0.654. The summed E-state index contributed by atoms with van der Waals surface area (Å²) in [5.41, 5.74) is 6.45. The van der Waals surface area contributed by atoms with Gasteiger partial charge in [0.25, 0.3) is 11.8 Å². The Morgan fingerprint density at radius 2 is 1.59 bits per heavy atom. The Labute approximate surface area is 170 Å². The van der Waals surface area contributed by atoms with Crippen LogP contribution >= 0.6 is 0 Å². The summed E-state index contributed by atoms with van der Waals surface area (Å²) < 4.78 is 21.4. The normalized spacial score (nSPS) is 10.2. The van der Waals surface area contributed by atoms with Crippen LogP contribution in [0.5, 0.6) is 23.0 Å². The number of hydrogen-bond donors (Lipinski definition) is 1. The summed E-state index contributed by atoms with van der Waals surface area (Å²) in [6.07, 6.45) is 0. The summed E-state index contributed by atoms with van der Waals surface area (Å²) in [7, 11) is 4.57. The molecule has 0 heterocycles. The fourth-order valence-corrected chi connectivity index (χ4v) is 2.71. The van der Waals surface area contributed by atoms with E-state index in [0.717, 1.165) is 11.3 Å². The van der Waals surface area contributed by atoms with Gasteiger partial charge in [0.15, 0.2) is 18.1 Å². The number of nitrogens with two attached hydrogens (primary N) is 1. The Hall–Kier alpha value is -3.42. The fraction of sp³-hybridized carbons (Fsp3) is 0.333. The lowest BCUT2D eigenvalue weighted by Gasteiger charge is -2.20. The van der Waals surface area contributed by atoms with Crippen LogP contribution in [-0.4, -0.2) is 51.2 Å². The summed E-state index contributed by atoms with van der Waals surface area (Å²) in [6.45, 7) is 2.60. The number of carbonyl (C=O) groups excluding carboxylic acids is 2. The van der Waals surface area contributed by atoms with Crippen LogP contribution in [0.15, 0.2) is 36.4 Å². The second-order valence-electron chi connectivity index (χ2n) is 6.20. The van der Waals surface area contributed by atoms with E-state index in [1.54, 1.807) is 11.9 Å².